The third kappa shape index (κ3) is 3.54. The smallest absolute Gasteiger partial charge is 0.0863 e. The van der Waals surface area contributed by atoms with Gasteiger partial charge in [0, 0.05) is 26.2 Å². The molecule has 0 spiro atoms. The Morgan fingerprint density at radius 2 is 2.20 bits per heavy atom. The molecule has 1 aromatic rings. The minimum Gasteiger partial charge on any atom is -0.311 e. The SMILES string of the molecule is CCc1nn(C)c(CNCC2CCN(C(C)C)C2)c1Cl. The zero-order valence-corrected chi connectivity index (χ0v) is 13.9. The van der Waals surface area contributed by atoms with Gasteiger partial charge >= 0.3 is 0 Å². The van der Waals surface area contributed by atoms with Crippen LogP contribution in [-0.4, -0.2) is 40.4 Å². The van der Waals surface area contributed by atoms with E-state index in [9.17, 15) is 0 Å². The lowest BCUT2D eigenvalue weighted by Gasteiger charge is -2.20. The first-order valence-electron chi connectivity index (χ1n) is 7.67. The molecule has 0 aromatic carbocycles. The Balaban J connectivity index is 1.81. The summed E-state index contributed by atoms with van der Waals surface area (Å²) in [5.41, 5.74) is 2.10. The molecule has 1 saturated heterocycles. The molecule has 4 nitrogen and oxygen atoms in total. The Hall–Kier alpha value is -0.580. The maximum Gasteiger partial charge on any atom is 0.0863 e. The minimum atomic E-state index is 0.665. The number of hydrogen-bond donors (Lipinski definition) is 1. The van der Waals surface area contributed by atoms with Gasteiger partial charge in [-0.2, -0.15) is 5.10 Å². The summed E-state index contributed by atoms with van der Waals surface area (Å²) in [7, 11) is 1.97. The van der Waals surface area contributed by atoms with E-state index in [1.54, 1.807) is 0 Å². The van der Waals surface area contributed by atoms with E-state index in [0.29, 0.717) is 6.04 Å². The lowest BCUT2D eigenvalue weighted by molar-refractivity contribution is 0.264. The van der Waals surface area contributed by atoms with Gasteiger partial charge in [-0.05, 0) is 45.7 Å². The van der Waals surface area contributed by atoms with Crippen molar-refractivity contribution in [3.05, 3.63) is 16.4 Å². The number of nitrogens with zero attached hydrogens (tertiary/aromatic N) is 3. The molecule has 1 aromatic heterocycles. The van der Waals surface area contributed by atoms with Crippen LogP contribution < -0.4 is 5.32 Å². The first-order chi connectivity index (χ1) is 9.52. The Morgan fingerprint density at radius 1 is 1.45 bits per heavy atom. The number of nitrogens with one attached hydrogen (secondary N) is 1. The second-order valence-corrected chi connectivity index (χ2v) is 6.44. The molecule has 0 bridgehead atoms. The second kappa shape index (κ2) is 6.92. The Bertz CT molecular complexity index is 441. The van der Waals surface area contributed by atoms with Crippen molar-refractivity contribution in [1.29, 1.82) is 0 Å². The van der Waals surface area contributed by atoms with E-state index in [1.807, 2.05) is 11.7 Å². The minimum absolute atomic E-state index is 0.665. The van der Waals surface area contributed by atoms with E-state index in [-0.39, 0.29) is 0 Å². The van der Waals surface area contributed by atoms with Crippen molar-refractivity contribution in [3.8, 4) is 0 Å². The first-order valence-corrected chi connectivity index (χ1v) is 8.05. The second-order valence-electron chi connectivity index (χ2n) is 6.06. The Kier molecular flexibility index (Phi) is 5.47. The molecule has 2 rings (SSSR count). The van der Waals surface area contributed by atoms with Gasteiger partial charge in [0.2, 0.25) is 0 Å². The van der Waals surface area contributed by atoms with Gasteiger partial charge in [-0.3, -0.25) is 4.68 Å². The highest BCUT2D eigenvalue weighted by molar-refractivity contribution is 6.31. The van der Waals surface area contributed by atoms with Crippen molar-refractivity contribution >= 4 is 11.6 Å². The zero-order valence-electron chi connectivity index (χ0n) is 13.1. The van der Waals surface area contributed by atoms with Crippen molar-refractivity contribution in [1.82, 2.24) is 20.0 Å². The third-order valence-electron chi connectivity index (χ3n) is 4.28. The molecule has 1 aliphatic rings. The van der Waals surface area contributed by atoms with Gasteiger partial charge in [0.05, 0.1) is 16.4 Å². The largest absolute Gasteiger partial charge is 0.311 e. The summed E-state index contributed by atoms with van der Waals surface area (Å²) in [6.45, 7) is 11.0. The molecule has 0 saturated carbocycles. The monoisotopic (exact) mass is 298 g/mol. The molecule has 1 N–H and O–H groups in total. The zero-order chi connectivity index (χ0) is 14.7. The summed E-state index contributed by atoms with van der Waals surface area (Å²) < 4.78 is 1.91. The molecule has 5 heteroatoms. The van der Waals surface area contributed by atoms with Crippen LogP contribution in [0, 0.1) is 5.92 Å². The molecule has 0 radical (unpaired) electrons. The van der Waals surface area contributed by atoms with Gasteiger partial charge in [0.15, 0.2) is 0 Å². The van der Waals surface area contributed by atoms with Crippen LogP contribution in [0.25, 0.3) is 0 Å². The molecular formula is C15H27ClN4. The lowest BCUT2D eigenvalue weighted by atomic mass is 10.1. The van der Waals surface area contributed by atoms with Gasteiger partial charge in [0.25, 0.3) is 0 Å². The van der Waals surface area contributed by atoms with Crippen molar-refractivity contribution in [2.24, 2.45) is 13.0 Å². The number of likely N-dealkylation sites (tertiary alicyclic amines) is 1. The molecular weight excluding hydrogens is 272 g/mol. The molecule has 0 amide bonds. The molecule has 20 heavy (non-hydrogen) atoms. The van der Waals surface area contributed by atoms with Gasteiger partial charge in [-0.15, -0.1) is 0 Å². The van der Waals surface area contributed by atoms with E-state index >= 15 is 0 Å². The van der Waals surface area contributed by atoms with E-state index in [4.69, 9.17) is 11.6 Å². The highest BCUT2D eigenvalue weighted by Crippen LogP contribution is 2.21. The fraction of sp³-hybridized carbons (Fsp3) is 0.800. The predicted molar refractivity (Wildman–Crippen MR) is 84.1 cm³/mol. The maximum absolute atomic E-state index is 6.36. The molecule has 0 aliphatic carbocycles. The average molecular weight is 299 g/mol. The fourth-order valence-electron chi connectivity index (χ4n) is 2.90. The van der Waals surface area contributed by atoms with Crippen molar-refractivity contribution in [2.75, 3.05) is 19.6 Å². The first kappa shape index (κ1) is 15.8. The number of aromatic nitrogens is 2. The van der Waals surface area contributed by atoms with Crippen LogP contribution in [0.4, 0.5) is 0 Å². The van der Waals surface area contributed by atoms with Crippen LogP contribution in [0.2, 0.25) is 5.02 Å². The lowest BCUT2D eigenvalue weighted by Crippen LogP contribution is -2.30. The standard InChI is InChI=1S/C15H27ClN4/c1-5-13-15(16)14(19(4)18-13)9-17-8-12-6-7-20(10-12)11(2)3/h11-12,17H,5-10H2,1-4H3. The van der Waals surface area contributed by atoms with E-state index in [1.165, 1.54) is 19.5 Å². The third-order valence-corrected chi connectivity index (χ3v) is 4.71. The molecule has 1 fully saturated rings. The Labute approximate surface area is 127 Å². The van der Waals surface area contributed by atoms with E-state index in [2.05, 4.69) is 36.1 Å². The summed E-state index contributed by atoms with van der Waals surface area (Å²) in [6, 6.07) is 0.665. The fourth-order valence-corrected chi connectivity index (χ4v) is 3.27. The quantitative estimate of drug-likeness (QED) is 0.876. The van der Waals surface area contributed by atoms with E-state index < -0.39 is 0 Å². The molecule has 114 valence electrons. The summed E-state index contributed by atoms with van der Waals surface area (Å²) in [5, 5.41) is 8.83. The topological polar surface area (TPSA) is 33.1 Å². The van der Waals surface area contributed by atoms with Gasteiger partial charge in [-0.1, -0.05) is 18.5 Å². The van der Waals surface area contributed by atoms with Crippen LogP contribution in [0.15, 0.2) is 0 Å². The van der Waals surface area contributed by atoms with Crippen molar-refractivity contribution in [3.63, 3.8) is 0 Å². The number of halogens is 1. The van der Waals surface area contributed by atoms with Crippen LogP contribution in [-0.2, 0) is 20.0 Å². The number of aryl methyl sites for hydroxylation is 2. The predicted octanol–water partition coefficient (Wildman–Crippen LogP) is 2.46. The van der Waals surface area contributed by atoms with Gasteiger partial charge in [0.1, 0.15) is 0 Å². The average Bonchev–Trinajstić information content (AvgIpc) is 2.98. The molecule has 2 heterocycles. The highest BCUT2D eigenvalue weighted by atomic mass is 35.5. The van der Waals surface area contributed by atoms with Crippen LogP contribution in [0.5, 0.6) is 0 Å². The Morgan fingerprint density at radius 3 is 2.75 bits per heavy atom. The van der Waals surface area contributed by atoms with Gasteiger partial charge in [-0.25, -0.2) is 0 Å². The van der Waals surface area contributed by atoms with Crippen LogP contribution >= 0.6 is 11.6 Å². The van der Waals surface area contributed by atoms with E-state index in [0.717, 1.165) is 41.8 Å². The van der Waals surface area contributed by atoms with Crippen molar-refractivity contribution < 1.29 is 0 Å². The summed E-state index contributed by atoms with van der Waals surface area (Å²) >= 11 is 6.36. The maximum atomic E-state index is 6.36. The summed E-state index contributed by atoms with van der Waals surface area (Å²) in [4.78, 5) is 2.55. The number of hydrogen-bond acceptors (Lipinski definition) is 3. The molecule has 1 unspecified atom stereocenters. The number of rotatable bonds is 6. The summed E-state index contributed by atoms with van der Waals surface area (Å²) in [5.74, 6) is 0.759. The summed E-state index contributed by atoms with van der Waals surface area (Å²) in [6.07, 6.45) is 2.18. The van der Waals surface area contributed by atoms with Gasteiger partial charge < -0.3 is 10.2 Å². The highest BCUT2D eigenvalue weighted by Gasteiger charge is 2.23. The normalized spacial score (nSPS) is 20.2. The van der Waals surface area contributed by atoms with Crippen LogP contribution in [0.1, 0.15) is 38.6 Å². The van der Waals surface area contributed by atoms with Crippen molar-refractivity contribution in [2.45, 2.75) is 46.2 Å². The molecule has 1 aliphatic heterocycles. The van der Waals surface area contributed by atoms with Crippen LogP contribution in [0.3, 0.4) is 0 Å². The molecule has 1 atom stereocenters.